The predicted octanol–water partition coefficient (Wildman–Crippen LogP) is 17.2. The molecule has 1 saturated carbocycles. The van der Waals surface area contributed by atoms with E-state index in [0.717, 1.165) is 6.42 Å². The van der Waals surface area contributed by atoms with Gasteiger partial charge in [-0.25, -0.2) is 0 Å². The molecule has 0 amide bonds. The Balaban J connectivity index is 1.26. The minimum atomic E-state index is -0.0522. The van der Waals surface area contributed by atoms with Crippen molar-refractivity contribution < 1.29 is 0 Å². The van der Waals surface area contributed by atoms with Gasteiger partial charge in [-0.3, -0.25) is 0 Å². The highest BCUT2D eigenvalue weighted by Crippen LogP contribution is 2.52. The Morgan fingerprint density at radius 1 is 0.577 bits per heavy atom. The maximum Gasteiger partial charge on any atom is 0.273 e. The summed E-state index contributed by atoms with van der Waals surface area (Å²) in [6, 6.07) is 46.1. The second-order valence-electron chi connectivity index (χ2n) is 25.7. The summed E-state index contributed by atoms with van der Waals surface area (Å²) in [5.41, 5.74) is 20.1. The monoisotopic (exact) mass is 950 g/mol. The quantitative estimate of drug-likeness (QED) is 0.163. The van der Waals surface area contributed by atoms with Gasteiger partial charge in [0.15, 0.2) is 0 Å². The second kappa shape index (κ2) is 16.4. The van der Waals surface area contributed by atoms with Crippen molar-refractivity contribution in [1.82, 2.24) is 4.57 Å². The number of rotatable bonds is 4. The molecule has 4 heterocycles. The van der Waals surface area contributed by atoms with E-state index in [4.69, 9.17) is 0 Å². The average molecular weight is 950 g/mol. The summed E-state index contributed by atoms with van der Waals surface area (Å²) in [4.78, 5) is 5.44. The summed E-state index contributed by atoms with van der Waals surface area (Å²) in [6.07, 6.45) is 14.9. The van der Waals surface area contributed by atoms with Crippen molar-refractivity contribution in [2.24, 2.45) is 11.3 Å². The van der Waals surface area contributed by atoms with Gasteiger partial charge in [-0.1, -0.05) is 175 Å². The topological polar surface area (TPSA) is 11.4 Å². The number of hydrogen-bond acceptors (Lipinski definition) is 3. The van der Waals surface area contributed by atoms with Crippen molar-refractivity contribution in [2.45, 2.75) is 144 Å². The van der Waals surface area contributed by atoms with Crippen molar-refractivity contribution in [3.8, 4) is 5.69 Å². The zero-order valence-electron chi connectivity index (χ0n) is 44.4. The van der Waals surface area contributed by atoms with Crippen LogP contribution in [-0.4, -0.2) is 11.3 Å². The predicted molar refractivity (Wildman–Crippen MR) is 311 cm³/mol. The van der Waals surface area contributed by atoms with Crippen LogP contribution in [0.5, 0.6) is 0 Å². The molecule has 0 saturated heterocycles. The Morgan fingerprint density at radius 3 is 1.82 bits per heavy atom. The first-order valence-corrected chi connectivity index (χ1v) is 27.6. The van der Waals surface area contributed by atoms with Gasteiger partial charge in [0.1, 0.15) is 0 Å². The first-order chi connectivity index (χ1) is 33.8. The third-order valence-electron chi connectivity index (χ3n) is 16.9. The Bertz CT molecular complexity index is 3470. The SMILES string of the molecule is CC(C)(C)c1ccc(N2c3cc(C4CCCCC4)cc4c3B(c3cc(C(C)(C)C)ccc3N4C3=CCC(C(C)(C)C)C=C3)c3c2c2c4sc5ccccc5c4ccc2n3-c2ccc(C(C)(C)C)cc2)cc1. The number of benzene rings is 6. The largest absolute Gasteiger partial charge is 0.319 e. The van der Waals surface area contributed by atoms with Gasteiger partial charge in [0.05, 0.1) is 11.2 Å². The van der Waals surface area contributed by atoms with Crippen LogP contribution in [0.25, 0.3) is 36.8 Å². The van der Waals surface area contributed by atoms with E-state index in [1.54, 1.807) is 0 Å². The van der Waals surface area contributed by atoms with E-state index in [2.05, 4.69) is 231 Å². The number of fused-ring (bicyclic) bond motifs is 10. The van der Waals surface area contributed by atoms with E-state index in [-0.39, 0.29) is 28.4 Å². The van der Waals surface area contributed by atoms with Crippen LogP contribution in [0.4, 0.5) is 28.4 Å². The average Bonchev–Trinajstić information content (AvgIpc) is 3.89. The van der Waals surface area contributed by atoms with Gasteiger partial charge in [0.25, 0.3) is 6.71 Å². The molecular weight excluding hydrogens is 878 g/mol. The molecule has 6 aromatic carbocycles. The third-order valence-corrected chi connectivity index (χ3v) is 18.1. The third kappa shape index (κ3) is 7.57. The molecule has 1 unspecified atom stereocenters. The molecule has 4 aliphatic rings. The molecule has 5 heteroatoms. The standard InChI is InChI=1S/C66H72BN3S/c1-63(2,3)43-22-29-47(30-23-43)68-53-36-28-46(66(10,11)12)40-52(53)67-59-55(68)38-42(41-18-14-13-15-19-41)39-56(59)69(48-31-24-44(25-32-48)64(4,5)6)60-58-54(37-35-51-50-20-16-17-21-57(50)71-61(51)58)70(62(60)67)49-33-26-45(27-34-49)65(7,8)9/h16-17,20-22,24-41,43H,13-15,18-19,23H2,1-12H3. The maximum absolute atomic E-state index is 2.74. The van der Waals surface area contributed by atoms with E-state index in [1.165, 1.54) is 142 Å². The molecule has 2 aromatic heterocycles. The molecule has 0 spiro atoms. The fourth-order valence-electron chi connectivity index (χ4n) is 12.6. The second-order valence-corrected chi connectivity index (χ2v) is 26.8. The molecule has 2 aliphatic heterocycles. The van der Waals surface area contributed by atoms with Crippen LogP contribution in [0, 0.1) is 11.3 Å². The Hall–Kier alpha value is -5.78. The lowest BCUT2D eigenvalue weighted by Gasteiger charge is -2.45. The lowest BCUT2D eigenvalue weighted by molar-refractivity contribution is 0.293. The molecule has 3 nitrogen and oxygen atoms in total. The lowest BCUT2D eigenvalue weighted by Crippen LogP contribution is -2.63. The van der Waals surface area contributed by atoms with Gasteiger partial charge in [-0.2, -0.15) is 0 Å². The highest BCUT2D eigenvalue weighted by atomic mass is 32.1. The van der Waals surface area contributed by atoms with Crippen LogP contribution < -0.4 is 26.3 Å². The van der Waals surface area contributed by atoms with Crippen LogP contribution in [0.2, 0.25) is 0 Å². The molecule has 1 atom stereocenters. The van der Waals surface area contributed by atoms with Crippen LogP contribution in [0.15, 0.2) is 139 Å². The number of allylic oxidation sites excluding steroid dienone is 3. The fraction of sp³-hybridized carbons (Fsp3) is 0.364. The van der Waals surface area contributed by atoms with Crippen LogP contribution >= 0.6 is 11.3 Å². The summed E-state index contributed by atoms with van der Waals surface area (Å²) in [5, 5.41) is 4.01. The van der Waals surface area contributed by atoms with Crippen molar-refractivity contribution >= 4 is 94.1 Å². The smallest absolute Gasteiger partial charge is 0.273 e. The zero-order valence-corrected chi connectivity index (χ0v) is 45.2. The Labute approximate surface area is 428 Å². The molecule has 0 radical (unpaired) electrons. The summed E-state index contributed by atoms with van der Waals surface area (Å²) in [7, 11) is 0. The summed E-state index contributed by atoms with van der Waals surface area (Å²) >= 11 is 1.96. The highest BCUT2D eigenvalue weighted by Gasteiger charge is 2.48. The Morgan fingerprint density at radius 2 is 1.20 bits per heavy atom. The van der Waals surface area contributed by atoms with Crippen molar-refractivity contribution in [1.29, 1.82) is 0 Å². The van der Waals surface area contributed by atoms with E-state index in [9.17, 15) is 0 Å². The molecule has 360 valence electrons. The first kappa shape index (κ1) is 46.3. The van der Waals surface area contributed by atoms with Gasteiger partial charge in [0.2, 0.25) is 0 Å². The number of hydrogen-bond donors (Lipinski definition) is 0. The fourth-order valence-corrected chi connectivity index (χ4v) is 13.9. The zero-order chi connectivity index (χ0) is 49.5. The van der Waals surface area contributed by atoms with Crippen molar-refractivity contribution in [3.63, 3.8) is 0 Å². The summed E-state index contributed by atoms with van der Waals surface area (Å²) < 4.78 is 5.39. The number of anilines is 5. The molecular formula is C66H72BN3S. The lowest BCUT2D eigenvalue weighted by atomic mass is 9.34. The molecule has 2 aliphatic carbocycles. The molecule has 0 bridgehead atoms. The van der Waals surface area contributed by atoms with Gasteiger partial charge in [0, 0.05) is 65.3 Å². The van der Waals surface area contributed by atoms with Crippen molar-refractivity contribution in [3.05, 3.63) is 161 Å². The van der Waals surface area contributed by atoms with Gasteiger partial charge >= 0.3 is 0 Å². The molecule has 1 fully saturated rings. The van der Waals surface area contributed by atoms with E-state index < -0.39 is 0 Å². The molecule has 8 aromatic rings. The summed E-state index contributed by atoms with van der Waals surface area (Å²) in [6.45, 7) is 28.3. The first-order valence-electron chi connectivity index (χ1n) is 26.8. The van der Waals surface area contributed by atoms with Gasteiger partial charge in [-0.05, 0) is 147 Å². The van der Waals surface area contributed by atoms with Crippen LogP contribution in [-0.2, 0) is 16.2 Å². The number of aromatic nitrogens is 1. The van der Waals surface area contributed by atoms with Crippen LogP contribution in [0.1, 0.15) is 150 Å². The van der Waals surface area contributed by atoms with E-state index >= 15 is 0 Å². The molecule has 12 rings (SSSR count). The van der Waals surface area contributed by atoms with Gasteiger partial charge in [-0.15, -0.1) is 11.3 Å². The Kier molecular flexibility index (Phi) is 10.7. The molecule has 0 N–H and O–H groups in total. The van der Waals surface area contributed by atoms with E-state index in [1.807, 2.05) is 11.3 Å². The number of thiophene rings is 1. The number of nitrogens with zero attached hydrogens (tertiary/aromatic N) is 3. The molecule has 71 heavy (non-hydrogen) atoms. The van der Waals surface area contributed by atoms with Crippen molar-refractivity contribution in [2.75, 3.05) is 9.80 Å². The minimum Gasteiger partial charge on any atom is -0.319 e. The van der Waals surface area contributed by atoms with Crippen LogP contribution in [0.3, 0.4) is 0 Å². The van der Waals surface area contributed by atoms with E-state index in [0.29, 0.717) is 11.8 Å². The minimum absolute atomic E-state index is 0.0252. The summed E-state index contributed by atoms with van der Waals surface area (Å²) in [5.74, 6) is 0.995. The highest BCUT2D eigenvalue weighted by molar-refractivity contribution is 7.26. The van der Waals surface area contributed by atoms with Gasteiger partial charge < -0.3 is 14.4 Å². The normalized spacial score (nSPS) is 17.5. The maximum atomic E-state index is 2.74.